The van der Waals surface area contributed by atoms with E-state index in [1.807, 2.05) is 25.1 Å². The number of rotatable bonds is 2. The average Bonchev–Trinajstić information content (AvgIpc) is 2.03. The van der Waals surface area contributed by atoms with Crippen LogP contribution in [0.5, 0.6) is 0 Å². The lowest BCUT2D eigenvalue weighted by Crippen LogP contribution is -2.29. The molecule has 0 amide bonds. The van der Waals surface area contributed by atoms with E-state index in [1.165, 1.54) is 0 Å². The molecule has 1 nitrogen and oxygen atoms in total. The van der Waals surface area contributed by atoms with Gasteiger partial charge in [-0.3, -0.25) is 0 Å². The van der Waals surface area contributed by atoms with Gasteiger partial charge in [0.05, 0.1) is 0 Å². The van der Waals surface area contributed by atoms with E-state index in [1.54, 1.807) is 12.9 Å². The summed E-state index contributed by atoms with van der Waals surface area (Å²) in [5.74, 6) is 0. The Kier molecular flexibility index (Phi) is 2.72. The molecule has 0 fully saturated rings. The molecule has 0 heterocycles. The van der Waals surface area contributed by atoms with Crippen molar-refractivity contribution in [3.63, 3.8) is 0 Å². The lowest BCUT2D eigenvalue weighted by Gasteiger charge is -2.08. The SMILES string of the molecule is C=Cc1c(C)cccc1B(C)O. The van der Waals surface area contributed by atoms with E-state index in [2.05, 4.69) is 6.58 Å². The first-order valence-electron chi connectivity index (χ1n) is 4.07. The van der Waals surface area contributed by atoms with Crippen LogP contribution in [0.2, 0.25) is 6.82 Å². The van der Waals surface area contributed by atoms with Crippen LogP contribution in [-0.4, -0.2) is 11.9 Å². The molecule has 0 unspecified atom stereocenters. The Morgan fingerprint density at radius 3 is 2.58 bits per heavy atom. The van der Waals surface area contributed by atoms with E-state index in [0.717, 1.165) is 16.6 Å². The molecule has 0 aromatic heterocycles. The Morgan fingerprint density at radius 1 is 1.50 bits per heavy atom. The summed E-state index contributed by atoms with van der Waals surface area (Å²) in [5, 5.41) is 9.41. The molecule has 0 aliphatic heterocycles. The summed E-state index contributed by atoms with van der Waals surface area (Å²) in [6, 6.07) is 5.89. The third-order valence-corrected chi connectivity index (χ3v) is 2.01. The molecule has 0 aliphatic carbocycles. The number of hydrogen-bond donors (Lipinski definition) is 1. The van der Waals surface area contributed by atoms with Crippen molar-refractivity contribution in [2.75, 3.05) is 0 Å². The van der Waals surface area contributed by atoms with Gasteiger partial charge in [0.1, 0.15) is 0 Å². The van der Waals surface area contributed by atoms with E-state index in [-0.39, 0.29) is 0 Å². The first kappa shape index (κ1) is 9.08. The summed E-state index contributed by atoms with van der Waals surface area (Å²) < 4.78 is 0. The molecule has 0 aliphatic rings. The molecule has 1 rings (SSSR count). The molecule has 1 aromatic rings. The van der Waals surface area contributed by atoms with Crippen molar-refractivity contribution in [2.24, 2.45) is 0 Å². The van der Waals surface area contributed by atoms with Crippen molar-refractivity contribution in [3.05, 3.63) is 35.9 Å². The Labute approximate surface area is 73.9 Å². The van der Waals surface area contributed by atoms with Crippen LogP contribution in [0.4, 0.5) is 0 Å². The minimum absolute atomic E-state index is 0.419. The topological polar surface area (TPSA) is 20.2 Å². The predicted octanol–water partition coefficient (Wildman–Crippen LogP) is 1.46. The quantitative estimate of drug-likeness (QED) is 0.649. The molecule has 0 saturated heterocycles. The van der Waals surface area contributed by atoms with Gasteiger partial charge in [0.2, 0.25) is 0 Å². The second-order valence-electron chi connectivity index (χ2n) is 2.96. The van der Waals surface area contributed by atoms with Crippen molar-refractivity contribution in [2.45, 2.75) is 13.7 Å². The van der Waals surface area contributed by atoms with Gasteiger partial charge < -0.3 is 5.02 Å². The highest BCUT2D eigenvalue weighted by Crippen LogP contribution is 2.06. The fraction of sp³-hybridized carbons (Fsp3) is 0.200. The molecule has 62 valence electrons. The fourth-order valence-electron chi connectivity index (χ4n) is 1.35. The maximum absolute atomic E-state index is 9.41. The largest absolute Gasteiger partial charge is 0.446 e. The van der Waals surface area contributed by atoms with Gasteiger partial charge in [0.15, 0.2) is 0 Å². The second kappa shape index (κ2) is 3.59. The highest BCUT2D eigenvalue weighted by molar-refractivity contribution is 6.65. The van der Waals surface area contributed by atoms with Crippen LogP contribution in [0.1, 0.15) is 11.1 Å². The van der Waals surface area contributed by atoms with Gasteiger partial charge in [-0.05, 0) is 23.5 Å². The molecule has 0 atom stereocenters. The highest BCUT2D eigenvalue weighted by Gasteiger charge is 2.10. The maximum atomic E-state index is 9.41. The van der Waals surface area contributed by atoms with Crippen molar-refractivity contribution in [1.82, 2.24) is 0 Å². The third kappa shape index (κ3) is 1.59. The van der Waals surface area contributed by atoms with Crippen LogP contribution in [0.25, 0.3) is 6.08 Å². The molecule has 0 saturated carbocycles. The van der Waals surface area contributed by atoms with Crippen molar-refractivity contribution in [3.8, 4) is 0 Å². The summed E-state index contributed by atoms with van der Waals surface area (Å²) in [6.07, 6.45) is 1.79. The zero-order valence-electron chi connectivity index (χ0n) is 7.54. The number of hydrogen-bond acceptors (Lipinski definition) is 1. The van der Waals surface area contributed by atoms with E-state index in [4.69, 9.17) is 0 Å². The van der Waals surface area contributed by atoms with Gasteiger partial charge >= 0.3 is 6.92 Å². The van der Waals surface area contributed by atoms with Crippen molar-refractivity contribution in [1.29, 1.82) is 0 Å². The number of benzene rings is 1. The first-order chi connectivity index (χ1) is 5.66. The zero-order chi connectivity index (χ0) is 9.14. The Balaban J connectivity index is 3.27. The van der Waals surface area contributed by atoms with E-state index in [9.17, 15) is 5.02 Å². The van der Waals surface area contributed by atoms with Crippen LogP contribution >= 0.6 is 0 Å². The third-order valence-electron chi connectivity index (χ3n) is 2.01. The molecule has 1 N–H and O–H groups in total. The zero-order valence-corrected chi connectivity index (χ0v) is 7.54. The summed E-state index contributed by atoms with van der Waals surface area (Å²) in [7, 11) is 0. The smallest absolute Gasteiger partial charge is 0.320 e. The van der Waals surface area contributed by atoms with Crippen LogP contribution in [0.15, 0.2) is 24.8 Å². The lowest BCUT2D eigenvalue weighted by molar-refractivity contribution is 0.594. The van der Waals surface area contributed by atoms with Crippen molar-refractivity contribution < 1.29 is 5.02 Å². The van der Waals surface area contributed by atoms with Crippen LogP contribution in [0, 0.1) is 6.92 Å². The monoisotopic (exact) mass is 160 g/mol. The van der Waals surface area contributed by atoms with E-state index >= 15 is 0 Å². The predicted molar refractivity (Wildman–Crippen MR) is 54.7 cm³/mol. The number of aryl methyl sites for hydroxylation is 1. The van der Waals surface area contributed by atoms with E-state index < -0.39 is 6.92 Å². The molecular formula is C10H13BO. The summed E-state index contributed by atoms with van der Waals surface area (Å²) >= 11 is 0. The normalized spacial score (nSPS) is 9.58. The van der Waals surface area contributed by atoms with Gasteiger partial charge in [-0.2, -0.15) is 0 Å². The Bertz CT molecular complexity index is 292. The van der Waals surface area contributed by atoms with Gasteiger partial charge in [-0.25, -0.2) is 0 Å². The molecule has 2 heteroatoms. The molecule has 0 bridgehead atoms. The summed E-state index contributed by atoms with van der Waals surface area (Å²) in [4.78, 5) is 0. The Hall–Kier alpha value is -1.02. The van der Waals surface area contributed by atoms with Crippen LogP contribution in [0.3, 0.4) is 0 Å². The van der Waals surface area contributed by atoms with Gasteiger partial charge in [-0.1, -0.05) is 37.7 Å². The fourth-order valence-corrected chi connectivity index (χ4v) is 1.35. The average molecular weight is 160 g/mol. The molecule has 0 spiro atoms. The Morgan fingerprint density at radius 2 is 2.17 bits per heavy atom. The van der Waals surface area contributed by atoms with Gasteiger partial charge in [0.25, 0.3) is 0 Å². The van der Waals surface area contributed by atoms with Crippen LogP contribution in [-0.2, 0) is 0 Å². The molecule has 0 radical (unpaired) electrons. The molecular weight excluding hydrogens is 147 g/mol. The van der Waals surface area contributed by atoms with Gasteiger partial charge in [0, 0.05) is 0 Å². The first-order valence-corrected chi connectivity index (χ1v) is 4.07. The molecule has 1 aromatic carbocycles. The highest BCUT2D eigenvalue weighted by atomic mass is 16.2. The molecule has 12 heavy (non-hydrogen) atoms. The minimum Gasteiger partial charge on any atom is -0.446 e. The summed E-state index contributed by atoms with van der Waals surface area (Å²) in [5.41, 5.74) is 3.15. The lowest BCUT2D eigenvalue weighted by atomic mass is 9.62. The van der Waals surface area contributed by atoms with Gasteiger partial charge in [-0.15, -0.1) is 0 Å². The maximum Gasteiger partial charge on any atom is 0.320 e. The standard InChI is InChI=1S/C10H13BO/c1-4-9-8(2)6-5-7-10(9)11(3)12/h4-7,12H,1H2,2-3H3. The van der Waals surface area contributed by atoms with Crippen molar-refractivity contribution >= 4 is 18.5 Å². The second-order valence-corrected chi connectivity index (χ2v) is 2.96. The summed E-state index contributed by atoms with van der Waals surface area (Å²) in [6.45, 7) is 7.09. The van der Waals surface area contributed by atoms with Crippen LogP contribution < -0.4 is 5.46 Å². The minimum atomic E-state index is -0.419. The van der Waals surface area contributed by atoms with E-state index in [0.29, 0.717) is 0 Å².